The number of esters is 1. The first-order valence-corrected chi connectivity index (χ1v) is 10.3. The van der Waals surface area contributed by atoms with Crippen LogP contribution in [0.2, 0.25) is 0 Å². The highest BCUT2D eigenvalue weighted by molar-refractivity contribution is 5.80. The van der Waals surface area contributed by atoms with Crippen LogP contribution < -0.4 is 0 Å². The number of hydrogen-bond donors (Lipinski definition) is 0. The topological polar surface area (TPSA) is 49.9 Å². The fraction of sp³-hybridized carbons (Fsp3) is 0.636. The second-order valence-corrected chi connectivity index (χ2v) is 7.85. The van der Waals surface area contributed by atoms with Crippen molar-refractivity contribution in [3.05, 3.63) is 35.4 Å². The van der Waals surface area contributed by atoms with Gasteiger partial charge in [0.2, 0.25) is 5.91 Å². The Morgan fingerprint density at radius 3 is 2.52 bits per heavy atom. The summed E-state index contributed by atoms with van der Waals surface area (Å²) in [5, 5.41) is 0. The van der Waals surface area contributed by atoms with Crippen LogP contribution in [0, 0.1) is 18.8 Å². The average molecular weight is 373 g/mol. The number of nitrogens with zero attached hydrogens (tertiary/aromatic N) is 2. The van der Waals surface area contributed by atoms with E-state index < -0.39 is 0 Å². The van der Waals surface area contributed by atoms with Gasteiger partial charge in [-0.3, -0.25) is 14.5 Å². The Kier molecular flexibility index (Phi) is 6.89. The third-order valence-electron chi connectivity index (χ3n) is 5.94. The van der Waals surface area contributed by atoms with Crippen LogP contribution in [-0.2, 0) is 20.9 Å². The molecule has 0 saturated carbocycles. The van der Waals surface area contributed by atoms with Crippen molar-refractivity contribution in [3.63, 3.8) is 0 Å². The maximum absolute atomic E-state index is 13.0. The van der Waals surface area contributed by atoms with E-state index >= 15 is 0 Å². The Morgan fingerprint density at radius 1 is 1.07 bits per heavy atom. The molecule has 1 amide bonds. The van der Waals surface area contributed by atoms with Crippen molar-refractivity contribution in [1.82, 2.24) is 9.80 Å². The molecule has 1 aromatic rings. The fourth-order valence-corrected chi connectivity index (χ4v) is 4.28. The predicted octanol–water partition coefficient (Wildman–Crippen LogP) is 3.01. The van der Waals surface area contributed by atoms with E-state index in [-0.39, 0.29) is 23.7 Å². The summed E-state index contributed by atoms with van der Waals surface area (Å²) in [6.45, 7) is 8.58. The van der Waals surface area contributed by atoms with E-state index in [0.717, 1.165) is 45.3 Å². The van der Waals surface area contributed by atoms with Gasteiger partial charge in [-0.25, -0.2) is 0 Å². The molecule has 5 heteroatoms. The van der Waals surface area contributed by atoms with Gasteiger partial charge >= 0.3 is 5.97 Å². The van der Waals surface area contributed by atoms with Crippen LogP contribution in [0.25, 0.3) is 0 Å². The van der Waals surface area contributed by atoms with E-state index in [0.29, 0.717) is 19.7 Å². The molecule has 2 saturated heterocycles. The van der Waals surface area contributed by atoms with Crippen molar-refractivity contribution in [1.29, 1.82) is 0 Å². The summed E-state index contributed by atoms with van der Waals surface area (Å²) < 4.78 is 5.12. The van der Waals surface area contributed by atoms with Crippen molar-refractivity contribution in [2.24, 2.45) is 11.8 Å². The normalized spacial score (nSPS) is 21.9. The molecular formula is C22H32N2O3. The summed E-state index contributed by atoms with van der Waals surface area (Å²) in [5.41, 5.74) is 2.66. The lowest BCUT2D eigenvalue weighted by molar-refractivity contribution is -0.152. The number of rotatable bonds is 5. The highest BCUT2D eigenvalue weighted by atomic mass is 16.5. The van der Waals surface area contributed by atoms with E-state index in [1.165, 1.54) is 11.1 Å². The number of benzene rings is 1. The average Bonchev–Trinajstić information content (AvgIpc) is 2.70. The van der Waals surface area contributed by atoms with Gasteiger partial charge in [-0.1, -0.05) is 24.3 Å². The summed E-state index contributed by atoms with van der Waals surface area (Å²) in [6.07, 6.45) is 3.50. The molecule has 2 heterocycles. The van der Waals surface area contributed by atoms with Gasteiger partial charge in [0.15, 0.2) is 0 Å². The largest absolute Gasteiger partial charge is 0.466 e. The molecule has 148 valence electrons. The van der Waals surface area contributed by atoms with Gasteiger partial charge in [-0.15, -0.1) is 0 Å². The molecule has 0 spiro atoms. The minimum atomic E-state index is -0.105. The van der Waals surface area contributed by atoms with Crippen molar-refractivity contribution in [2.75, 3.05) is 32.8 Å². The smallest absolute Gasteiger partial charge is 0.309 e. The van der Waals surface area contributed by atoms with Gasteiger partial charge < -0.3 is 9.64 Å². The molecule has 1 aromatic carbocycles. The molecule has 5 nitrogen and oxygen atoms in total. The van der Waals surface area contributed by atoms with Gasteiger partial charge in [-0.05, 0) is 57.2 Å². The molecule has 2 fully saturated rings. The van der Waals surface area contributed by atoms with Crippen LogP contribution in [0.1, 0.15) is 43.7 Å². The van der Waals surface area contributed by atoms with E-state index in [1.807, 2.05) is 11.8 Å². The third kappa shape index (κ3) is 5.10. The number of hydrogen-bond acceptors (Lipinski definition) is 4. The summed E-state index contributed by atoms with van der Waals surface area (Å²) in [7, 11) is 0. The van der Waals surface area contributed by atoms with Gasteiger partial charge in [0.25, 0.3) is 0 Å². The number of carbonyl (C=O) groups excluding carboxylic acids is 2. The lowest BCUT2D eigenvalue weighted by Gasteiger charge is -2.37. The molecule has 27 heavy (non-hydrogen) atoms. The monoisotopic (exact) mass is 372 g/mol. The van der Waals surface area contributed by atoms with Gasteiger partial charge in [0, 0.05) is 26.2 Å². The molecule has 3 rings (SSSR count). The SMILES string of the molecule is CCOC(=O)C1CCN(C(=O)C2CCCN(Cc3ccccc3C)C2)CC1. The Morgan fingerprint density at radius 2 is 1.81 bits per heavy atom. The maximum Gasteiger partial charge on any atom is 0.309 e. The first-order valence-electron chi connectivity index (χ1n) is 10.3. The zero-order valence-corrected chi connectivity index (χ0v) is 16.7. The maximum atomic E-state index is 13.0. The molecule has 2 aliphatic heterocycles. The Bertz CT molecular complexity index is 653. The predicted molar refractivity (Wildman–Crippen MR) is 105 cm³/mol. The number of piperidine rings is 2. The molecule has 2 aliphatic rings. The summed E-state index contributed by atoms with van der Waals surface area (Å²) in [6, 6.07) is 8.49. The number of amides is 1. The van der Waals surface area contributed by atoms with Gasteiger partial charge in [0.05, 0.1) is 18.4 Å². The minimum absolute atomic E-state index is 0.0436. The Hall–Kier alpha value is -1.88. The second-order valence-electron chi connectivity index (χ2n) is 7.85. The lowest BCUT2D eigenvalue weighted by atomic mass is 9.92. The van der Waals surface area contributed by atoms with E-state index in [1.54, 1.807) is 0 Å². The third-order valence-corrected chi connectivity index (χ3v) is 5.94. The van der Waals surface area contributed by atoms with Crippen LogP contribution in [0.3, 0.4) is 0 Å². The number of likely N-dealkylation sites (tertiary alicyclic amines) is 2. The van der Waals surface area contributed by atoms with Crippen molar-refractivity contribution >= 4 is 11.9 Å². The lowest BCUT2D eigenvalue weighted by Crippen LogP contribution is -2.47. The number of ether oxygens (including phenoxy) is 1. The summed E-state index contributed by atoms with van der Waals surface area (Å²) in [4.78, 5) is 29.3. The highest BCUT2D eigenvalue weighted by Gasteiger charge is 2.33. The molecule has 0 N–H and O–H groups in total. The molecule has 1 atom stereocenters. The van der Waals surface area contributed by atoms with Crippen molar-refractivity contribution in [2.45, 2.75) is 46.1 Å². The number of aryl methyl sites for hydroxylation is 1. The summed E-state index contributed by atoms with van der Waals surface area (Å²) in [5.74, 6) is 0.207. The van der Waals surface area contributed by atoms with Crippen LogP contribution >= 0.6 is 0 Å². The minimum Gasteiger partial charge on any atom is -0.466 e. The Balaban J connectivity index is 1.51. The molecular weight excluding hydrogens is 340 g/mol. The standard InChI is InChI=1S/C22H32N2O3/c1-3-27-22(26)18-10-13-24(14-11-18)21(25)20-9-6-12-23(16-20)15-19-8-5-4-7-17(19)2/h4-5,7-8,18,20H,3,6,9-16H2,1-2H3. The zero-order chi connectivity index (χ0) is 19.2. The van der Waals surface area contributed by atoms with Crippen LogP contribution in [-0.4, -0.2) is 54.5 Å². The van der Waals surface area contributed by atoms with Crippen LogP contribution in [0.5, 0.6) is 0 Å². The van der Waals surface area contributed by atoms with Gasteiger partial charge in [0.1, 0.15) is 0 Å². The van der Waals surface area contributed by atoms with E-state index in [9.17, 15) is 9.59 Å². The molecule has 0 radical (unpaired) electrons. The summed E-state index contributed by atoms with van der Waals surface area (Å²) >= 11 is 0. The highest BCUT2D eigenvalue weighted by Crippen LogP contribution is 2.25. The molecule has 0 aromatic heterocycles. The quantitative estimate of drug-likeness (QED) is 0.746. The fourth-order valence-electron chi connectivity index (χ4n) is 4.28. The van der Waals surface area contributed by atoms with E-state index in [2.05, 4.69) is 36.1 Å². The zero-order valence-electron chi connectivity index (χ0n) is 16.7. The molecule has 0 bridgehead atoms. The van der Waals surface area contributed by atoms with E-state index in [4.69, 9.17) is 4.74 Å². The van der Waals surface area contributed by atoms with Crippen LogP contribution in [0.15, 0.2) is 24.3 Å². The van der Waals surface area contributed by atoms with Crippen molar-refractivity contribution < 1.29 is 14.3 Å². The molecule has 0 aliphatic carbocycles. The second kappa shape index (κ2) is 9.36. The van der Waals surface area contributed by atoms with Gasteiger partial charge in [-0.2, -0.15) is 0 Å². The van der Waals surface area contributed by atoms with Crippen molar-refractivity contribution in [3.8, 4) is 0 Å². The van der Waals surface area contributed by atoms with Crippen LogP contribution in [0.4, 0.5) is 0 Å². The first-order chi connectivity index (χ1) is 13.1. The molecule has 1 unspecified atom stereocenters. The first kappa shape index (κ1) is 19.9. The number of carbonyl (C=O) groups is 2. The Labute approximate surface area is 162 Å².